The zero-order valence-electron chi connectivity index (χ0n) is 7.94. The standard InChI is InChI=1S/C10H9ClO4/c1-15-10(14)9(13)8(12)6-2-4-7(11)5-3-6/h2-5,9,13H,1H3/t9-/m1/s1. The number of rotatable bonds is 3. The maximum Gasteiger partial charge on any atom is 0.342 e. The third-order valence-electron chi connectivity index (χ3n) is 1.80. The van der Waals surface area contributed by atoms with Gasteiger partial charge in [-0.05, 0) is 24.3 Å². The summed E-state index contributed by atoms with van der Waals surface area (Å²) in [5.41, 5.74) is 0.206. The van der Waals surface area contributed by atoms with Crippen molar-refractivity contribution in [1.82, 2.24) is 0 Å². The number of aliphatic hydroxyl groups excluding tert-OH is 1. The number of carbonyl (C=O) groups excluding carboxylic acids is 2. The number of halogens is 1. The average molecular weight is 229 g/mol. The number of ketones is 1. The number of carbonyl (C=O) groups is 2. The molecule has 0 bridgehead atoms. The summed E-state index contributed by atoms with van der Waals surface area (Å²) in [5.74, 6) is -1.69. The van der Waals surface area contributed by atoms with Crippen LogP contribution >= 0.6 is 11.6 Å². The van der Waals surface area contributed by atoms with E-state index in [0.29, 0.717) is 5.02 Å². The van der Waals surface area contributed by atoms with Crippen molar-refractivity contribution in [3.8, 4) is 0 Å². The molecule has 1 atom stereocenters. The van der Waals surface area contributed by atoms with Gasteiger partial charge in [0, 0.05) is 10.6 Å². The quantitative estimate of drug-likeness (QED) is 0.477. The molecule has 0 saturated carbocycles. The van der Waals surface area contributed by atoms with Crippen LogP contribution in [-0.4, -0.2) is 30.1 Å². The second kappa shape index (κ2) is 4.91. The summed E-state index contributed by atoms with van der Waals surface area (Å²) in [6, 6.07) is 5.85. The van der Waals surface area contributed by atoms with Crippen molar-refractivity contribution in [1.29, 1.82) is 0 Å². The van der Waals surface area contributed by atoms with Gasteiger partial charge in [-0.1, -0.05) is 11.6 Å². The molecular formula is C10H9ClO4. The number of ether oxygens (including phenoxy) is 1. The van der Waals surface area contributed by atoms with Crippen LogP contribution in [0.2, 0.25) is 5.02 Å². The summed E-state index contributed by atoms with van der Waals surface area (Å²) in [4.78, 5) is 22.3. The minimum atomic E-state index is -1.78. The molecule has 0 spiro atoms. The Morgan fingerprint density at radius 3 is 2.33 bits per heavy atom. The summed E-state index contributed by atoms with van der Waals surface area (Å²) in [6.07, 6.45) is -1.78. The molecule has 0 saturated heterocycles. The fourth-order valence-electron chi connectivity index (χ4n) is 0.991. The lowest BCUT2D eigenvalue weighted by atomic mass is 10.1. The predicted molar refractivity (Wildman–Crippen MR) is 53.8 cm³/mol. The molecule has 1 aromatic rings. The molecule has 1 aromatic carbocycles. The molecule has 0 aliphatic heterocycles. The largest absolute Gasteiger partial charge is 0.467 e. The maximum absolute atomic E-state index is 11.5. The number of hydrogen-bond acceptors (Lipinski definition) is 4. The third-order valence-corrected chi connectivity index (χ3v) is 2.05. The van der Waals surface area contributed by atoms with E-state index in [0.717, 1.165) is 7.11 Å². The summed E-state index contributed by atoms with van der Waals surface area (Å²) < 4.78 is 4.24. The van der Waals surface area contributed by atoms with Gasteiger partial charge in [0.25, 0.3) is 0 Å². The second-order valence-electron chi connectivity index (χ2n) is 2.80. The van der Waals surface area contributed by atoms with Crippen LogP contribution in [0.1, 0.15) is 10.4 Å². The van der Waals surface area contributed by atoms with Crippen molar-refractivity contribution in [3.05, 3.63) is 34.9 Å². The molecule has 5 heteroatoms. The van der Waals surface area contributed by atoms with Crippen LogP contribution in [0.15, 0.2) is 24.3 Å². The van der Waals surface area contributed by atoms with Gasteiger partial charge in [0.05, 0.1) is 7.11 Å². The fourth-order valence-corrected chi connectivity index (χ4v) is 1.12. The summed E-state index contributed by atoms with van der Waals surface area (Å²) in [5, 5.41) is 9.72. The average Bonchev–Trinajstić information content (AvgIpc) is 2.27. The molecule has 15 heavy (non-hydrogen) atoms. The van der Waals surface area contributed by atoms with E-state index in [1.54, 1.807) is 0 Å². The molecule has 0 aliphatic rings. The van der Waals surface area contributed by atoms with E-state index in [-0.39, 0.29) is 5.56 Å². The fraction of sp³-hybridized carbons (Fsp3) is 0.200. The van der Waals surface area contributed by atoms with Crippen LogP contribution in [0.4, 0.5) is 0 Å². The molecule has 0 amide bonds. The Hall–Kier alpha value is -1.39. The van der Waals surface area contributed by atoms with Gasteiger partial charge in [0.1, 0.15) is 0 Å². The van der Waals surface area contributed by atoms with E-state index >= 15 is 0 Å². The smallest absolute Gasteiger partial charge is 0.342 e. The van der Waals surface area contributed by atoms with Gasteiger partial charge >= 0.3 is 5.97 Å². The van der Waals surface area contributed by atoms with E-state index in [4.69, 9.17) is 11.6 Å². The monoisotopic (exact) mass is 228 g/mol. The molecule has 4 nitrogen and oxygen atoms in total. The Labute approximate surface area is 91.4 Å². The molecule has 0 unspecified atom stereocenters. The van der Waals surface area contributed by atoms with Crippen molar-refractivity contribution < 1.29 is 19.4 Å². The minimum absolute atomic E-state index is 0.206. The molecule has 0 aromatic heterocycles. The first kappa shape index (κ1) is 11.7. The number of hydrogen-bond donors (Lipinski definition) is 1. The van der Waals surface area contributed by atoms with Crippen molar-refractivity contribution >= 4 is 23.4 Å². The Morgan fingerprint density at radius 2 is 1.87 bits per heavy atom. The van der Waals surface area contributed by atoms with Gasteiger partial charge in [0.2, 0.25) is 11.9 Å². The summed E-state index contributed by atoms with van der Waals surface area (Å²) in [7, 11) is 1.10. The summed E-state index contributed by atoms with van der Waals surface area (Å²) in [6.45, 7) is 0. The van der Waals surface area contributed by atoms with Crippen LogP contribution in [0, 0.1) is 0 Å². The molecular weight excluding hydrogens is 220 g/mol. The lowest BCUT2D eigenvalue weighted by Crippen LogP contribution is -2.30. The third kappa shape index (κ3) is 2.78. The Balaban J connectivity index is 2.85. The summed E-state index contributed by atoms with van der Waals surface area (Å²) >= 11 is 5.62. The van der Waals surface area contributed by atoms with Crippen LogP contribution in [0.25, 0.3) is 0 Å². The zero-order chi connectivity index (χ0) is 11.4. The van der Waals surface area contributed by atoms with E-state index in [1.807, 2.05) is 0 Å². The van der Waals surface area contributed by atoms with E-state index < -0.39 is 17.9 Å². The molecule has 80 valence electrons. The van der Waals surface area contributed by atoms with Crippen molar-refractivity contribution in [2.24, 2.45) is 0 Å². The van der Waals surface area contributed by atoms with Crippen LogP contribution in [-0.2, 0) is 9.53 Å². The van der Waals surface area contributed by atoms with Gasteiger partial charge in [-0.25, -0.2) is 4.79 Å². The van der Waals surface area contributed by atoms with Gasteiger partial charge in [-0.15, -0.1) is 0 Å². The highest BCUT2D eigenvalue weighted by atomic mass is 35.5. The lowest BCUT2D eigenvalue weighted by molar-refractivity contribution is -0.147. The lowest BCUT2D eigenvalue weighted by Gasteiger charge is -2.06. The number of aliphatic hydroxyl groups is 1. The van der Waals surface area contributed by atoms with Crippen molar-refractivity contribution in [2.75, 3.05) is 7.11 Å². The first-order valence-corrected chi connectivity index (χ1v) is 4.49. The predicted octanol–water partition coefficient (Wildman–Crippen LogP) is 1.06. The van der Waals surface area contributed by atoms with Gasteiger partial charge in [0.15, 0.2) is 0 Å². The molecule has 0 aliphatic carbocycles. The number of benzene rings is 1. The Morgan fingerprint density at radius 1 is 1.33 bits per heavy atom. The normalized spacial score (nSPS) is 11.9. The maximum atomic E-state index is 11.5. The number of Topliss-reactive ketones (excluding diaryl/α,β-unsaturated/α-hetero) is 1. The SMILES string of the molecule is COC(=O)[C@H](O)C(=O)c1ccc(Cl)cc1. The first-order chi connectivity index (χ1) is 7.06. The highest BCUT2D eigenvalue weighted by Crippen LogP contribution is 2.11. The highest BCUT2D eigenvalue weighted by molar-refractivity contribution is 6.30. The minimum Gasteiger partial charge on any atom is -0.467 e. The van der Waals surface area contributed by atoms with Crippen molar-refractivity contribution in [3.63, 3.8) is 0 Å². The molecule has 0 fully saturated rings. The van der Waals surface area contributed by atoms with E-state index in [1.165, 1.54) is 24.3 Å². The number of methoxy groups -OCH3 is 1. The molecule has 0 heterocycles. The van der Waals surface area contributed by atoms with Crippen molar-refractivity contribution in [2.45, 2.75) is 6.10 Å². The van der Waals surface area contributed by atoms with E-state index in [9.17, 15) is 14.7 Å². The van der Waals surface area contributed by atoms with Gasteiger partial charge in [-0.2, -0.15) is 0 Å². The van der Waals surface area contributed by atoms with E-state index in [2.05, 4.69) is 4.74 Å². The Bertz CT molecular complexity index is 372. The number of esters is 1. The second-order valence-corrected chi connectivity index (χ2v) is 3.23. The Kier molecular flexibility index (Phi) is 3.82. The van der Waals surface area contributed by atoms with Gasteiger partial charge < -0.3 is 9.84 Å². The highest BCUT2D eigenvalue weighted by Gasteiger charge is 2.25. The zero-order valence-corrected chi connectivity index (χ0v) is 8.69. The van der Waals surface area contributed by atoms with Crippen LogP contribution < -0.4 is 0 Å². The first-order valence-electron chi connectivity index (χ1n) is 4.12. The molecule has 1 N–H and O–H groups in total. The molecule has 0 radical (unpaired) electrons. The van der Waals surface area contributed by atoms with Crippen LogP contribution in [0.5, 0.6) is 0 Å². The van der Waals surface area contributed by atoms with Crippen LogP contribution in [0.3, 0.4) is 0 Å². The topological polar surface area (TPSA) is 63.6 Å². The van der Waals surface area contributed by atoms with Gasteiger partial charge in [-0.3, -0.25) is 4.79 Å². The molecule has 1 rings (SSSR count).